The van der Waals surface area contributed by atoms with Gasteiger partial charge in [-0.3, -0.25) is 13.9 Å². The van der Waals surface area contributed by atoms with Crippen molar-refractivity contribution in [3.63, 3.8) is 0 Å². The van der Waals surface area contributed by atoms with E-state index in [2.05, 4.69) is 21.2 Å². The monoisotopic (exact) mass is 657 g/mol. The fraction of sp³-hybridized carbons (Fsp3) is 0.375. The number of benzene rings is 3. The summed E-state index contributed by atoms with van der Waals surface area (Å²) in [6.45, 7) is 0.264. The van der Waals surface area contributed by atoms with Crippen molar-refractivity contribution in [2.45, 2.75) is 63.6 Å². The first-order chi connectivity index (χ1) is 20.1. The third kappa shape index (κ3) is 9.13. The number of nitrogens with zero attached hydrogens (tertiary/aromatic N) is 2. The lowest BCUT2D eigenvalue weighted by atomic mass is 10.0. The second kappa shape index (κ2) is 14.8. The van der Waals surface area contributed by atoms with Gasteiger partial charge in [0.2, 0.25) is 21.8 Å². The van der Waals surface area contributed by atoms with Gasteiger partial charge in [-0.2, -0.15) is 0 Å². The Morgan fingerprint density at radius 1 is 0.976 bits per heavy atom. The second-order valence-electron chi connectivity index (χ2n) is 10.8. The highest BCUT2D eigenvalue weighted by molar-refractivity contribution is 9.10. The quantitative estimate of drug-likeness (QED) is 0.251. The maximum absolute atomic E-state index is 13.9. The van der Waals surface area contributed by atoms with E-state index in [0.29, 0.717) is 12.1 Å². The molecule has 0 aromatic heterocycles. The van der Waals surface area contributed by atoms with Gasteiger partial charge < -0.3 is 10.2 Å². The number of rotatable bonds is 13. The zero-order valence-electron chi connectivity index (χ0n) is 23.7. The zero-order valence-corrected chi connectivity index (χ0v) is 26.1. The van der Waals surface area contributed by atoms with Crippen molar-refractivity contribution in [2.24, 2.45) is 0 Å². The molecule has 0 unspecified atom stereocenters. The molecule has 1 N–H and O–H groups in total. The van der Waals surface area contributed by atoms with Crippen LogP contribution in [-0.2, 0) is 32.6 Å². The molecule has 1 saturated carbocycles. The molecule has 1 fully saturated rings. The molecule has 7 nitrogen and oxygen atoms in total. The van der Waals surface area contributed by atoms with E-state index >= 15 is 0 Å². The largest absolute Gasteiger partial charge is 0.352 e. The fourth-order valence-electron chi connectivity index (χ4n) is 5.36. The molecule has 1 aliphatic rings. The number of carbonyl (C=O) groups is 2. The molecule has 3 aromatic carbocycles. The minimum Gasteiger partial charge on any atom is -0.352 e. The van der Waals surface area contributed by atoms with Crippen molar-refractivity contribution in [2.75, 3.05) is 17.1 Å². The van der Waals surface area contributed by atoms with Gasteiger partial charge in [0, 0.05) is 36.4 Å². The molecule has 0 spiro atoms. The number of amides is 2. The molecule has 224 valence electrons. The molecule has 3 aromatic rings. The zero-order chi connectivity index (χ0) is 30.1. The number of sulfonamides is 1. The molecule has 42 heavy (non-hydrogen) atoms. The van der Waals surface area contributed by atoms with Gasteiger partial charge in [0.15, 0.2) is 0 Å². The van der Waals surface area contributed by atoms with E-state index in [0.717, 1.165) is 47.5 Å². The van der Waals surface area contributed by atoms with Gasteiger partial charge in [-0.05, 0) is 66.8 Å². The average molecular weight is 659 g/mol. The lowest BCUT2D eigenvalue weighted by molar-refractivity contribution is -0.141. The lowest BCUT2D eigenvalue weighted by Crippen LogP contribution is -2.52. The Morgan fingerprint density at radius 3 is 2.29 bits per heavy atom. The molecule has 0 radical (unpaired) electrons. The van der Waals surface area contributed by atoms with Crippen molar-refractivity contribution >= 4 is 43.5 Å². The lowest BCUT2D eigenvalue weighted by Gasteiger charge is -2.33. The van der Waals surface area contributed by atoms with Gasteiger partial charge in [0.1, 0.15) is 11.9 Å². The van der Waals surface area contributed by atoms with Crippen LogP contribution in [0.3, 0.4) is 0 Å². The summed E-state index contributed by atoms with van der Waals surface area (Å²) in [5.74, 6) is -0.894. The van der Waals surface area contributed by atoms with Gasteiger partial charge in [-0.1, -0.05) is 71.2 Å². The van der Waals surface area contributed by atoms with Crippen molar-refractivity contribution in [3.05, 3.63) is 100 Å². The van der Waals surface area contributed by atoms with E-state index in [1.54, 1.807) is 4.90 Å². The van der Waals surface area contributed by atoms with Crippen molar-refractivity contribution in [1.82, 2.24) is 10.2 Å². The van der Waals surface area contributed by atoms with Crippen molar-refractivity contribution < 1.29 is 22.4 Å². The summed E-state index contributed by atoms with van der Waals surface area (Å²) >= 11 is 3.50. The first-order valence-corrected chi connectivity index (χ1v) is 16.9. The fourth-order valence-corrected chi connectivity index (χ4v) is 6.78. The third-order valence-corrected chi connectivity index (χ3v) is 9.17. The second-order valence-corrected chi connectivity index (χ2v) is 13.6. The number of hydrogen-bond donors (Lipinski definition) is 1. The van der Waals surface area contributed by atoms with Gasteiger partial charge in [-0.15, -0.1) is 0 Å². The van der Waals surface area contributed by atoms with Crippen LogP contribution in [0.4, 0.5) is 10.1 Å². The first-order valence-electron chi connectivity index (χ1n) is 14.2. The average Bonchev–Trinajstić information content (AvgIpc) is 3.46. The van der Waals surface area contributed by atoms with Crippen LogP contribution in [0.5, 0.6) is 0 Å². The summed E-state index contributed by atoms with van der Waals surface area (Å²) in [5, 5.41) is 3.19. The molecule has 0 saturated heterocycles. The molecular formula is C32H37BrFN3O4S. The van der Waals surface area contributed by atoms with Crippen molar-refractivity contribution in [1.29, 1.82) is 0 Å². The molecule has 10 heteroatoms. The first kappa shape index (κ1) is 31.7. The topological polar surface area (TPSA) is 86.8 Å². The summed E-state index contributed by atoms with van der Waals surface area (Å²) in [5.41, 5.74) is 2.14. The van der Waals surface area contributed by atoms with Gasteiger partial charge in [-0.25, -0.2) is 12.8 Å². The number of hydrogen-bond acceptors (Lipinski definition) is 4. The summed E-state index contributed by atoms with van der Waals surface area (Å²) in [4.78, 5) is 29.4. The number of carbonyl (C=O) groups excluding carboxylic acids is 2. The minimum absolute atomic E-state index is 0.0310. The molecule has 0 bridgehead atoms. The van der Waals surface area contributed by atoms with E-state index < -0.39 is 21.9 Å². The number of nitrogens with one attached hydrogen (secondary N) is 1. The Labute approximate surface area is 256 Å². The van der Waals surface area contributed by atoms with Crippen molar-refractivity contribution in [3.8, 4) is 0 Å². The molecular weight excluding hydrogens is 621 g/mol. The Morgan fingerprint density at radius 2 is 1.64 bits per heavy atom. The smallest absolute Gasteiger partial charge is 0.243 e. The SMILES string of the molecule is CS(=O)(=O)N(CCCC(=O)N(Cc1cccc(Br)c1)[C@@H](Cc1ccccc1)C(=O)NC1CCCC1)c1ccc(F)cc1. The van der Waals surface area contributed by atoms with Crippen LogP contribution in [0.25, 0.3) is 0 Å². The van der Waals surface area contributed by atoms with E-state index in [4.69, 9.17) is 0 Å². The molecule has 0 heterocycles. The van der Waals surface area contributed by atoms with Crippen LogP contribution in [0.15, 0.2) is 83.3 Å². The Kier molecular flexibility index (Phi) is 11.2. The minimum atomic E-state index is -3.67. The normalized spacial score (nSPS) is 14.4. The van der Waals surface area contributed by atoms with Gasteiger partial charge >= 0.3 is 0 Å². The number of halogens is 2. The highest BCUT2D eigenvalue weighted by atomic mass is 79.9. The van der Waals surface area contributed by atoms with Crippen LogP contribution in [0.1, 0.15) is 49.7 Å². The maximum Gasteiger partial charge on any atom is 0.243 e. The standard InChI is InChI=1S/C32H37BrFN3O4S/c1-42(40,41)37(29-18-16-27(34)17-19-29)20-8-15-31(38)36(23-25-11-7-12-26(33)21-25)30(22-24-9-3-2-4-10-24)32(39)35-28-13-5-6-14-28/h2-4,7,9-12,16-19,21,28,30H,5-6,8,13-15,20,22-23H2,1H3,(H,35,39)/t30-/m0/s1. The van der Waals surface area contributed by atoms with Gasteiger partial charge in [0.05, 0.1) is 11.9 Å². The van der Waals surface area contributed by atoms with Gasteiger partial charge in [0.25, 0.3) is 0 Å². The molecule has 1 aliphatic carbocycles. The summed E-state index contributed by atoms with van der Waals surface area (Å²) in [6, 6.07) is 21.8. The van der Waals surface area contributed by atoms with Crippen LogP contribution in [-0.4, -0.2) is 50.0 Å². The van der Waals surface area contributed by atoms with E-state index in [9.17, 15) is 22.4 Å². The van der Waals surface area contributed by atoms with E-state index in [1.807, 2.05) is 54.6 Å². The Hall–Kier alpha value is -3.24. The summed E-state index contributed by atoms with van der Waals surface area (Å²) in [6.07, 6.45) is 5.68. The highest BCUT2D eigenvalue weighted by Crippen LogP contribution is 2.23. The maximum atomic E-state index is 13.9. The molecule has 0 aliphatic heterocycles. The number of anilines is 1. The van der Waals surface area contributed by atoms with Crippen LogP contribution in [0, 0.1) is 5.82 Å². The summed E-state index contributed by atoms with van der Waals surface area (Å²) < 4.78 is 40.6. The van der Waals surface area contributed by atoms with Crippen LogP contribution < -0.4 is 9.62 Å². The molecule has 1 atom stereocenters. The molecule has 4 rings (SSSR count). The highest BCUT2D eigenvalue weighted by Gasteiger charge is 2.32. The predicted octanol–water partition coefficient (Wildman–Crippen LogP) is 5.83. The van der Waals surface area contributed by atoms with Crippen LogP contribution >= 0.6 is 15.9 Å². The third-order valence-electron chi connectivity index (χ3n) is 7.48. The molecule has 2 amide bonds. The van der Waals surface area contributed by atoms with E-state index in [1.165, 1.54) is 28.6 Å². The van der Waals surface area contributed by atoms with Crippen LogP contribution in [0.2, 0.25) is 0 Å². The predicted molar refractivity (Wildman–Crippen MR) is 167 cm³/mol. The summed E-state index contributed by atoms with van der Waals surface area (Å²) in [7, 11) is -3.67. The Balaban J connectivity index is 1.58. The van der Waals surface area contributed by atoms with E-state index in [-0.39, 0.29) is 43.8 Å². The Bertz CT molecular complexity index is 1450.